The number of piperidine rings is 1. The third-order valence-electron chi connectivity index (χ3n) is 4.62. The molecule has 142 valence electrons. The Hall–Kier alpha value is -3.09. The number of aromatic nitrogens is 1. The molecule has 0 radical (unpaired) electrons. The zero-order chi connectivity index (χ0) is 19.2. The highest BCUT2D eigenvalue weighted by molar-refractivity contribution is 5.95. The standard InChI is InChI=1S/C20H23N3O4/c1-26-16-11-14(12-17(13-16)27-2)19(24)22-15-6-9-23(10-7-15)20(25)18-5-3-4-8-21-18/h3-5,8,11-13,15H,6-7,9-10H2,1-2H3,(H,22,24). The zero-order valence-corrected chi connectivity index (χ0v) is 15.5. The summed E-state index contributed by atoms with van der Waals surface area (Å²) in [6.07, 6.45) is 3.01. The Morgan fingerprint density at radius 1 is 1.07 bits per heavy atom. The number of ether oxygens (including phenoxy) is 2. The third kappa shape index (κ3) is 4.55. The molecule has 2 aromatic rings. The number of amides is 2. The molecular formula is C20H23N3O4. The summed E-state index contributed by atoms with van der Waals surface area (Å²) in [6, 6.07) is 10.4. The van der Waals surface area contributed by atoms with E-state index in [0.717, 1.165) is 0 Å². The lowest BCUT2D eigenvalue weighted by Gasteiger charge is -2.32. The molecule has 1 saturated heterocycles. The second kappa shape index (κ2) is 8.53. The van der Waals surface area contributed by atoms with Crippen LogP contribution in [-0.2, 0) is 0 Å². The fourth-order valence-electron chi connectivity index (χ4n) is 3.09. The highest BCUT2D eigenvalue weighted by Crippen LogP contribution is 2.23. The molecule has 2 amide bonds. The van der Waals surface area contributed by atoms with E-state index in [1.165, 1.54) is 0 Å². The normalized spacial score (nSPS) is 14.5. The first kappa shape index (κ1) is 18.7. The fourth-order valence-corrected chi connectivity index (χ4v) is 3.09. The zero-order valence-electron chi connectivity index (χ0n) is 15.5. The van der Waals surface area contributed by atoms with Crippen molar-refractivity contribution >= 4 is 11.8 Å². The maximum absolute atomic E-state index is 12.6. The Bertz CT molecular complexity index is 780. The molecule has 7 heteroatoms. The lowest BCUT2D eigenvalue weighted by molar-refractivity contribution is 0.0692. The molecule has 0 aliphatic carbocycles. The molecule has 27 heavy (non-hydrogen) atoms. The van der Waals surface area contributed by atoms with Crippen molar-refractivity contribution in [3.63, 3.8) is 0 Å². The van der Waals surface area contributed by atoms with Gasteiger partial charge in [0.2, 0.25) is 0 Å². The van der Waals surface area contributed by atoms with Crippen molar-refractivity contribution in [3.05, 3.63) is 53.9 Å². The maximum atomic E-state index is 12.6. The highest BCUT2D eigenvalue weighted by atomic mass is 16.5. The van der Waals surface area contributed by atoms with E-state index in [-0.39, 0.29) is 17.9 Å². The second-order valence-electron chi connectivity index (χ2n) is 6.36. The van der Waals surface area contributed by atoms with E-state index in [1.54, 1.807) is 61.7 Å². The van der Waals surface area contributed by atoms with Gasteiger partial charge in [0.1, 0.15) is 17.2 Å². The molecule has 0 bridgehead atoms. The number of rotatable bonds is 5. The summed E-state index contributed by atoms with van der Waals surface area (Å²) >= 11 is 0. The average Bonchev–Trinajstić information content (AvgIpc) is 2.74. The van der Waals surface area contributed by atoms with Gasteiger partial charge in [0.05, 0.1) is 14.2 Å². The van der Waals surface area contributed by atoms with Gasteiger partial charge in [0.25, 0.3) is 11.8 Å². The summed E-state index contributed by atoms with van der Waals surface area (Å²) < 4.78 is 10.4. The number of pyridine rings is 1. The van der Waals surface area contributed by atoms with Crippen molar-refractivity contribution in [1.29, 1.82) is 0 Å². The molecule has 1 aliphatic heterocycles. The van der Waals surface area contributed by atoms with Gasteiger partial charge in [0.15, 0.2) is 0 Å². The van der Waals surface area contributed by atoms with Crippen molar-refractivity contribution in [1.82, 2.24) is 15.2 Å². The number of nitrogens with zero attached hydrogens (tertiary/aromatic N) is 2. The Labute approximate surface area is 158 Å². The monoisotopic (exact) mass is 369 g/mol. The maximum Gasteiger partial charge on any atom is 0.272 e. The van der Waals surface area contributed by atoms with E-state index in [1.807, 2.05) is 0 Å². The molecule has 0 saturated carbocycles. The predicted octanol–water partition coefficient (Wildman–Crippen LogP) is 2.13. The van der Waals surface area contributed by atoms with Gasteiger partial charge >= 0.3 is 0 Å². The second-order valence-corrected chi connectivity index (χ2v) is 6.36. The number of carbonyl (C=O) groups excluding carboxylic acids is 2. The van der Waals surface area contributed by atoms with Crippen molar-refractivity contribution in [2.45, 2.75) is 18.9 Å². The van der Waals surface area contributed by atoms with Crippen LogP contribution in [0.2, 0.25) is 0 Å². The van der Waals surface area contributed by atoms with E-state index >= 15 is 0 Å². The Morgan fingerprint density at radius 3 is 2.30 bits per heavy atom. The molecule has 7 nitrogen and oxygen atoms in total. The van der Waals surface area contributed by atoms with Crippen molar-refractivity contribution in [2.24, 2.45) is 0 Å². The Morgan fingerprint density at radius 2 is 1.74 bits per heavy atom. The molecule has 0 unspecified atom stereocenters. The highest BCUT2D eigenvalue weighted by Gasteiger charge is 2.25. The van der Waals surface area contributed by atoms with Gasteiger partial charge in [-0.15, -0.1) is 0 Å². The number of hydrogen-bond acceptors (Lipinski definition) is 5. The minimum absolute atomic E-state index is 0.0162. The first-order chi connectivity index (χ1) is 13.1. The number of likely N-dealkylation sites (tertiary alicyclic amines) is 1. The fraction of sp³-hybridized carbons (Fsp3) is 0.350. The van der Waals surface area contributed by atoms with Crippen LogP contribution in [-0.4, -0.2) is 55.0 Å². The van der Waals surface area contributed by atoms with Gasteiger partial charge in [-0.25, -0.2) is 0 Å². The van der Waals surface area contributed by atoms with E-state index in [2.05, 4.69) is 10.3 Å². The Kier molecular flexibility index (Phi) is 5.90. The van der Waals surface area contributed by atoms with Gasteiger partial charge < -0.3 is 19.7 Å². The third-order valence-corrected chi connectivity index (χ3v) is 4.62. The van der Waals surface area contributed by atoms with Crippen LogP contribution in [0.5, 0.6) is 11.5 Å². The van der Waals surface area contributed by atoms with Crippen molar-refractivity contribution < 1.29 is 19.1 Å². The van der Waals surface area contributed by atoms with Crippen LogP contribution < -0.4 is 14.8 Å². The smallest absolute Gasteiger partial charge is 0.272 e. The minimum atomic E-state index is -0.179. The first-order valence-corrected chi connectivity index (χ1v) is 8.85. The summed E-state index contributed by atoms with van der Waals surface area (Å²) in [6.45, 7) is 1.17. The summed E-state index contributed by atoms with van der Waals surface area (Å²) in [5.74, 6) is 0.880. The molecule has 2 heterocycles. The molecule has 3 rings (SSSR count). The van der Waals surface area contributed by atoms with E-state index in [0.29, 0.717) is 48.7 Å². The number of hydrogen-bond donors (Lipinski definition) is 1. The molecule has 1 aromatic carbocycles. The van der Waals surface area contributed by atoms with Gasteiger partial charge in [-0.05, 0) is 37.1 Å². The molecule has 1 aliphatic rings. The van der Waals surface area contributed by atoms with Gasteiger partial charge in [0, 0.05) is 37.0 Å². The number of nitrogens with one attached hydrogen (secondary N) is 1. The minimum Gasteiger partial charge on any atom is -0.497 e. The van der Waals surface area contributed by atoms with Gasteiger partial charge in [-0.3, -0.25) is 14.6 Å². The summed E-state index contributed by atoms with van der Waals surface area (Å²) in [7, 11) is 3.09. The largest absolute Gasteiger partial charge is 0.497 e. The topological polar surface area (TPSA) is 80.8 Å². The molecule has 1 N–H and O–H groups in total. The molecular weight excluding hydrogens is 346 g/mol. The van der Waals surface area contributed by atoms with E-state index in [4.69, 9.17) is 9.47 Å². The van der Waals surface area contributed by atoms with Crippen LogP contribution in [0.25, 0.3) is 0 Å². The average molecular weight is 369 g/mol. The van der Waals surface area contributed by atoms with Crippen LogP contribution in [0.1, 0.15) is 33.7 Å². The summed E-state index contributed by atoms with van der Waals surface area (Å²) in [5, 5.41) is 3.03. The van der Waals surface area contributed by atoms with E-state index in [9.17, 15) is 9.59 Å². The van der Waals surface area contributed by atoms with Crippen molar-refractivity contribution in [3.8, 4) is 11.5 Å². The first-order valence-electron chi connectivity index (χ1n) is 8.85. The SMILES string of the molecule is COc1cc(OC)cc(C(=O)NC2CCN(C(=O)c3ccccn3)CC2)c1. The van der Waals surface area contributed by atoms with E-state index < -0.39 is 0 Å². The quantitative estimate of drug-likeness (QED) is 0.873. The van der Waals surface area contributed by atoms with Gasteiger partial charge in [-0.2, -0.15) is 0 Å². The molecule has 1 fully saturated rings. The van der Waals surface area contributed by atoms with Crippen LogP contribution in [0.3, 0.4) is 0 Å². The van der Waals surface area contributed by atoms with Crippen molar-refractivity contribution in [2.75, 3.05) is 27.3 Å². The Balaban J connectivity index is 1.57. The molecule has 0 atom stereocenters. The number of methoxy groups -OCH3 is 2. The van der Waals surface area contributed by atoms with Crippen LogP contribution in [0, 0.1) is 0 Å². The van der Waals surface area contributed by atoms with Crippen LogP contribution >= 0.6 is 0 Å². The summed E-state index contributed by atoms with van der Waals surface area (Å²) in [4.78, 5) is 30.9. The van der Waals surface area contributed by atoms with Gasteiger partial charge in [-0.1, -0.05) is 6.07 Å². The molecule has 0 spiro atoms. The predicted molar refractivity (Wildman–Crippen MR) is 100 cm³/mol. The lowest BCUT2D eigenvalue weighted by atomic mass is 10.0. The lowest BCUT2D eigenvalue weighted by Crippen LogP contribution is -2.46. The number of benzene rings is 1. The van der Waals surface area contributed by atoms with Crippen LogP contribution in [0.4, 0.5) is 0 Å². The summed E-state index contributed by atoms with van der Waals surface area (Å²) in [5.41, 5.74) is 0.932. The number of carbonyl (C=O) groups is 2. The van der Waals surface area contributed by atoms with Crippen LogP contribution in [0.15, 0.2) is 42.6 Å². The molecule has 1 aromatic heterocycles.